The monoisotopic (exact) mass is 366 g/mol. The van der Waals surface area contributed by atoms with Crippen LogP contribution in [0.2, 0.25) is 0 Å². The van der Waals surface area contributed by atoms with Crippen LogP contribution in [-0.4, -0.2) is 62.6 Å². The van der Waals surface area contributed by atoms with Crippen LogP contribution in [0.4, 0.5) is 0 Å². The summed E-state index contributed by atoms with van der Waals surface area (Å²) in [5, 5.41) is 0.741. The summed E-state index contributed by atoms with van der Waals surface area (Å²) in [7, 11) is -3.16. The average molecular weight is 366 g/mol. The molecule has 1 aliphatic rings. The van der Waals surface area contributed by atoms with Crippen LogP contribution in [0.3, 0.4) is 0 Å². The number of rotatable bonds is 5. The molecule has 1 aliphatic heterocycles. The van der Waals surface area contributed by atoms with Crippen molar-refractivity contribution in [1.82, 2.24) is 9.21 Å². The molecule has 1 aromatic carbocycles. The van der Waals surface area contributed by atoms with E-state index in [1.807, 2.05) is 24.3 Å². The molecule has 0 radical (unpaired) electrons. The highest BCUT2D eigenvalue weighted by Crippen LogP contribution is 2.28. The van der Waals surface area contributed by atoms with Crippen molar-refractivity contribution in [2.45, 2.75) is 13.5 Å². The van der Waals surface area contributed by atoms with Crippen LogP contribution in [-0.2, 0) is 21.3 Å². The van der Waals surface area contributed by atoms with Crippen molar-refractivity contribution in [3.05, 3.63) is 35.6 Å². The van der Waals surface area contributed by atoms with E-state index in [2.05, 4.69) is 4.90 Å². The molecule has 3 rings (SSSR count). The maximum absolute atomic E-state index is 12.4. The summed E-state index contributed by atoms with van der Waals surface area (Å²) < 4.78 is 35.8. The van der Waals surface area contributed by atoms with Crippen LogP contribution < -0.4 is 0 Å². The van der Waals surface area contributed by atoms with E-state index in [4.69, 9.17) is 9.15 Å². The predicted molar refractivity (Wildman–Crippen MR) is 93.9 cm³/mol. The first-order chi connectivity index (χ1) is 11.9. The second-order valence-corrected chi connectivity index (χ2v) is 8.04. The number of benzene rings is 1. The van der Waals surface area contributed by atoms with Gasteiger partial charge in [0.05, 0.1) is 19.4 Å². The third-order valence-electron chi connectivity index (χ3n) is 4.32. The zero-order valence-electron chi connectivity index (χ0n) is 14.4. The Morgan fingerprint density at radius 1 is 1.20 bits per heavy atom. The van der Waals surface area contributed by atoms with Crippen LogP contribution in [0, 0.1) is 0 Å². The molecule has 8 heteroatoms. The van der Waals surface area contributed by atoms with Crippen molar-refractivity contribution in [1.29, 1.82) is 0 Å². The van der Waals surface area contributed by atoms with Crippen molar-refractivity contribution in [2.24, 2.45) is 0 Å². The molecule has 0 spiro atoms. The first kappa shape index (κ1) is 17.9. The van der Waals surface area contributed by atoms with E-state index in [0.717, 1.165) is 5.39 Å². The molecule has 1 fully saturated rings. The fourth-order valence-corrected chi connectivity index (χ4v) is 3.88. The van der Waals surface area contributed by atoms with E-state index in [1.165, 1.54) is 10.6 Å². The quantitative estimate of drug-likeness (QED) is 0.749. The Labute approximate surface area is 147 Å². The summed E-state index contributed by atoms with van der Waals surface area (Å²) in [5.41, 5.74) is 1.11. The van der Waals surface area contributed by atoms with Gasteiger partial charge in [0.15, 0.2) is 0 Å². The minimum absolute atomic E-state index is 0.296. The van der Waals surface area contributed by atoms with Crippen molar-refractivity contribution < 1.29 is 22.4 Å². The number of hydrogen-bond acceptors (Lipinski definition) is 6. The SMILES string of the molecule is CCOC(=O)c1c(CN2CCN(S(C)(=O)=O)CC2)oc2ccccc12. The van der Waals surface area contributed by atoms with E-state index in [-0.39, 0.29) is 0 Å². The Kier molecular flexibility index (Phi) is 5.12. The zero-order chi connectivity index (χ0) is 18.0. The molecule has 25 heavy (non-hydrogen) atoms. The lowest BCUT2D eigenvalue weighted by Gasteiger charge is -2.32. The largest absolute Gasteiger partial charge is 0.462 e. The van der Waals surface area contributed by atoms with Crippen molar-refractivity contribution in [3.63, 3.8) is 0 Å². The van der Waals surface area contributed by atoms with E-state index in [9.17, 15) is 13.2 Å². The minimum atomic E-state index is -3.16. The molecule has 0 saturated carbocycles. The van der Waals surface area contributed by atoms with Gasteiger partial charge in [-0.2, -0.15) is 4.31 Å². The second kappa shape index (κ2) is 7.15. The average Bonchev–Trinajstić information content (AvgIpc) is 2.92. The number of sulfonamides is 1. The zero-order valence-corrected chi connectivity index (χ0v) is 15.2. The van der Waals surface area contributed by atoms with Gasteiger partial charge >= 0.3 is 5.97 Å². The van der Waals surface area contributed by atoms with Crippen LogP contribution in [0.5, 0.6) is 0 Å². The number of carbonyl (C=O) groups is 1. The van der Waals surface area contributed by atoms with Crippen molar-refractivity contribution in [3.8, 4) is 0 Å². The lowest BCUT2D eigenvalue weighted by Crippen LogP contribution is -2.47. The van der Waals surface area contributed by atoms with Gasteiger partial charge in [-0.1, -0.05) is 18.2 Å². The van der Waals surface area contributed by atoms with Crippen molar-refractivity contribution >= 4 is 27.0 Å². The number of ether oxygens (including phenoxy) is 1. The standard InChI is InChI=1S/C17H22N2O5S/c1-3-23-17(20)16-13-6-4-5-7-14(13)24-15(16)12-18-8-10-19(11-9-18)25(2,21)22/h4-7H,3,8-12H2,1-2H3. The van der Waals surface area contributed by atoms with Crippen LogP contribution in [0.15, 0.2) is 28.7 Å². The second-order valence-electron chi connectivity index (χ2n) is 6.06. The Hall–Kier alpha value is -1.90. The molecule has 1 aromatic heterocycles. The molecule has 0 N–H and O–H groups in total. The van der Waals surface area contributed by atoms with Gasteiger partial charge in [0.2, 0.25) is 10.0 Å². The first-order valence-electron chi connectivity index (χ1n) is 8.25. The van der Waals surface area contributed by atoms with E-state index in [0.29, 0.717) is 56.2 Å². The third kappa shape index (κ3) is 3.86. The number of nitrogens with zero attached hydrogens (tertiary/aromatic N) is 2. The van der Waals surface area contributed by atoms with Gasteiger partial charge in [-0.05, 0) is 13.0 Å². The summed E-state index contributed by atoms with van der Waals surface area (Å²) in [4.78, 5) is 14.5. The van der Waals surface area contributed by atoms with Gasteiger partial charge in [0.25, 0.3) is 0 Å². The normalized spacial score (nSPS) is 17.0. The molecular formula is C17H22N2O5S. The molecule has 136 valence electrons. The highest BCUT2D eigenvalue weighted by atomic mass is 32.2. The molecule has 0 unspecified atom stereocenters. The van der Waals surface area contributed by atoms with Crippen LogP contribution in [0.1, 0.15) is 23.0 Å². The molecule has 1 saturated heterocycles. The summed E-state index contributed by atoms with van der Waals surface area (Å²) in [5.74, 6) is 0.171. The Morgan fingerprint density at radius 3 is 2.52 bits per heavy atom. The summed E-state index contributed by atoms with van der Waals surface area (Å²) in [6, 6.07) is 7.38. The molecule has 2 heterocycles. The molecule has 0 aliphatic carbocycles. The molecule has 0 bridgehead atoms. The number of carbonyl (C=O) groups excluding carboxylic acids is 1. The number of para-hydroxylation sites is 1. The van der Waals surface area contributed by atoms with E-state index < -0.39 is 16.0 Å². The van der Waals surface area contributed by atoms with Crippen LogP contribution >= 0.6 is 0 Å². The summed E-state index contributed by atoms with van der Waals surface area (Å²) in [6.07, 6.45) is 1.22. The third-order valence-corrected chi connectivity index (χ3v) is 5.62. The fourth-order valence-electron chi connectivity index (χ4n) is 3.06. The van der Waals surface area contributed by atoms with Crippen molar-refractivity contribution in [2.75, 3.05) is 39.0 Å². The fraction of sp³-hybridized carbons (Fsp3) is 0.471. The first-order valence-corrected chi connectivity index (χ1v) is 10.1. The lowest BCUT2D eigenvalue weighted by molar-refractivity contribution is 0.0523. The van der Waals surface area contributed by atoms with E-state index >= 15 is 0 Å². The number of fused-ring (bicyclic) bond motifs is 1. The molecule has 7 nitrogen and oxygen atoms in total. The lowest BCUT2D eigenvalue weighted by atomic mass is 10.1. The minimum Gasteiger partial charge on any atom is -0.462 e. The van der Waals surface area contributed by atoms with Gasteiger partial charge in [-0.3, -0.25) is 4.90 Å². The number of furan rings is 1. The summed E-state index contributed by atoms with van der Waals surface area (Å²) in [6.45, 7) is 4.57. The highest BCUT2D eigenvalue weighted by Gasteiger charge is 2.27. The maximum atomic E-state index is 12.4. The smallest absolute Gasteiger partial charge is 0.342 e. The van der Waals surface area contributed by atoms with Gasteiger partial charge in [0, 0.05) is 31.6 Å². The van der Waals surface area contributed by atoms with Gasteiger partial charge < -0.3 is 9.15 Å². The Balaban J connectivity index is 1.82. The topological polar surface area (TPSA) is 80.1 Å². The maximum Gasteiger partial charge on any atom is 0.342 e. The molecule has 0 atom stereocenters. The predicted octanol–water partition coefficient (Wildman–Crippen LogP) is 1.69. The number of hydrogen-bond donors (Lipinski definition) is 0. The van der Waals surface area contributed by atoms with Gasteiger partial charge in [-0.25, -0.2) is 13.2 Å². The molecule has 0 amide bonds. The van der Waals surface area contributed by atoms with Gasteiger partial charge in [-0.15, -0.1) is 0 Å². The highest BCUT2D eigenvalue weighted by molar-refractivity contribution is 7.88. The Bertz CT molecular complexity index is 866. The van der Waals surface area contributed by atoms with E-state index in [1.54, 1.807) is 6.92 Å². The molecular weight excluding hydrogens is 344 g/mol. The van der Waals surface area contributed by atoms with Crippen LogP contribution in [0.25, 0.3) is 11.0 Å². The van der Waals surface area contributed by atoms with Gasteiger partial charge in [0.1, 0.15) is 16.9 Å². The number of esters is 1. The Morgan fingerprint density at radius 2 is 1.88 bits per heavy atom. The number of piperazine rings is 1. The summed E-state index contributed by atoms with van der Waals surface area (Å²) >= 11 is 0. The molecule has 2 aromatic rings.